The Kier molecular flexibility index (Phi) is 3.41. The highest BCUT2D eigenvalue weighted by molar-refractivity contribution is 6.14. The number of para-hydroxylation sites is 1. The maximum atomic E-state index is 15.5. The van der Waals surface area contributed by atoms with Gasteiger partial charge < -0.3 is 4.42 Å². The summed E-state index contributed by atoms with van der Waals surface area (Å²) in [5, 5.41) is 0.866. The molecule has 0 spiro atoms. The van der Waals surface area contributed by atoms with E-state index in [9.17, 15) is 0 Å². The molecule has 0 saturated heterocycles. The predicted molar refractivity (Wildman–Crippen MR) is 119 cm³/mol. The molecule has 152 valence electrons. The van der Waals surface area contributed by atoms with Crippen molar-refractivity contribution in [3.05, 3.63) is 70.5 Å². The van der Waals surface area contributed by atoms with E-state index in [1.54, 1.807) is 63.6 Å². The molecule has 30 heavy (non-hydrogen) atoms. The van der Waals surface area contributed by atoms with Crippen molar-refractivity contribution < 1.29 is 20.2 Å². The van der Waals surface area contributed by atoms with Crippen LogP contribution in [0.5, 0.6) is 0 Å². The Morgan fingerprint density at radius 1 is 1.23 bits per heavy atom. The zero-order valence-corrected chi connectivity index (χ0v) is 17.6. The number of halogens is 1. The standard InChI is InChI=1S/C26H26FN2O/c1-15-11-16(2)23(21-12-19(27)17(14-29(21)7)13-26(3,4)5)25-22(15)18-9-8-10-20(28-6)24(18)30-25/h8-12,14H,13H2,1-5,7H3/q+1/i1D3,13D2. The summed E-state index contributed by atoms with van der Waals surface area (Å²) in [6.07, 6.45) is -0.501. The third kappa shape index (κ3) is 3.25. The van der Waals surface area contributed by atoms with Gasteiger partial charge in [0.05, 0.1) is 17.7 Å². The molecule has 0 unspecified atom stereocenters. The average molecular weight is 407 g/mol. The van der Waals surface area contributed by atoms with Gasteiger partial charge >= 0.3 is 0 Å². The lowest BCUT2D eigenvalue weighted by atomic mass is 9.88. The molecule has 0 radical (unpaired) electrons. The van der Waals surface area contributed by atoms with E-state index in [1.165, 1.54) is 12.3 Å². The minimum atomic E-state index is -2.44. The lowest BCUT2D eigenvalue weighted by Gasteiger charge is -2.18. The summed E-state index contributed by atoms with van der Waals surface area (Å²) in [6.45, 7) is 11.9. The highest BCUT2D eigenvalue weighted by atomic mass is 19.1. The fourth-order valence-electron chi connectivity index (χ4n) is 3.86. The second-order valence-electron chi connectivity index (χ2n) is 8.59. The Morgan fingerprint density at radius 3 is 2.67 bits per heavy atom. The van der Waals surface area contributed by atoms with Crippen LogP contribution in [0.3, 0.4) is 0 Å². The number of aromatic nitrogens is 1. The minimum absolute atomic E-state index is 0.0656. The summed E-state index contributed by atoms with van der Waals surface area (Å²) in [6, 6.07) is 7.81. The Bertz CT molecular complexity index is 1540. The van der Waals surface area contributed by atoms with Gasteiger partial charge in [0.2, 0.25) is 11.4 Å². The van der Waals surface area contributed by atoms with Crippen molar-refractivity contribution in [2.75, 3.05) is 0 Å². The van der Waals surface area contributed by atoms with Crippen molar-refractivity contribution in [2.24, 2.45) is 12.5 Å². The van der Waals surface area contributed by atoms with Crippen LogP contribution < -0.4 is 4.57 Å². The topological polar surface area (TPSA) is 21.4 Å². The lowest BCUT2D eigenvalue weighted by Crippen LogP contribution is -2.33. The molecule has 4 aromatic rings. The van der Waals surface area contributed by atoms with Gasteiger partial charge in [-0.1, -0.05) is 45.0 Å². The van der Waals surface area contributed by atoms with E-state index in [1.807, 2.05) is 0 Å². The van der Waals surface area contributed by atoms with Gasteiger partial charge in [-0.3, -0.25) is 0 Å². The third-order valence-electron chi connectivity index (χ3n) is 5.06. The minimum Gasteiger partial charge on any atom is -0.466 e. The zero-order chi connectivity index (χ0) is 26.1. The molecule has 0 amide bonds. The molecule has 0 saturated carbocycles. The van der Waals surface area contributed by atoms with Crippen molar-refractivity contribution in [1.29, 1.82) is 0 Å². The molecule has 0 N–H and O–H groups in total. The van der Waals surface area contributed by atoms with Crippen LogP contribution in [-0.4, -0.2) is 0 Å². The maximum absolute atomic E-state index is 15.5. The Hall–Kier alpha value is -3.19. The molecule has 2 aromatic heterocycles. The molecule has 3 nitrogen and oxygen atoms in total. The molecular weight excluding hydrogens is 375 g/mol. The van der Waals surface area contributed by atoms with Gasteiger partial charge in [-0.2, -0.15) is 0 Å². The molecule has 0 fully saturated rings. The van der Waals surface area contributed by atoms with Crippen molar-refractivity contribution in [3.8, 4) is 11.3 Å². The summed E-state index contributed by atoms with van der Waals surface area (Å²) in [5.41, 5.74) is 1.42. The molecule has 2 heterocycles. The van der Waals surface area contributed by atoms with Crippen LogP contribution in [0, 0.1) is 31.6 Å². The van der Waals surface area contributed by atoms with Gasteiger partial charge in [0, 0.05) is 23.7 Å². The molecule has 2 aromatic carbocycles. The van der Waals surface area contributed by atoms with Crippen molar-refractivity contribution in [1.82, 2.24) is 0 Å². The van der Waals surface area contributed by atoms with Crippen LogP contribution >= 0.6 is 0 Å². The molecular formula is C26H26FN2O+. The van der Waals surface area contributed by atoms with E-state index < -0.39 is 24.5 Å². The second-order valence-corrected chi connectivity index (χ2v) is 8.59. The van der Waals surface area contributed by atoms with Gasteiger partial charge in [-0.25, -0.2) is 13.8 Å². The zero-order valence-electron chi connectivity index (χ0n) is 22.6. The summed E-state index contributed by atoms with van der Waals surface area (Å²) in [5.74, 6) is -0.705. The fraction of sp³-hybridized carbons (Fsp3) is 0.308. The maximum Gasteiger partial charge on any atom is 0.229 e. The highest BCUT2D eigenvalue weighted by Gasteiger charge is 2.26. The monoisotopic (exact) mass is 406 g/mol. The number of aryl methyl sites for hydroxylation is 3. The fourth-order valence-corrected chi connectivity index (χ4v) is 3.86. The van der Waals surface area contributed by atoms with E-state index in [-0.39, 0.29) is 28.0 Å². The average Bonchev–Trinajstić information content (AvgIpc) is 3.12. The molecule has 0 atom stereocenters. The van der Waals surface area contributed by atoms with Crippen molar-refractivity contribution in [3.63, 3.8) is 0 Å². The van der Waals surface area contributed by atoms with E-state index in [0.717, 1.165) is 0 Å². The first kappa shape index (κ1) is 14.7. The quantitative estimate of drug-likeness (QED) is 0.260. The van der Waals surface area contributed by atoms with Gasteiger partial charge in [-0.15, -0.1) is 0 Å². The molecule has 4 rings (SSSR count). The lowest BCUT2D eigenvalue weighted by molar-refractivity contribution is -0.661. The van der Waals surface area contributed by atoms with Crippen LogP contribution in [0.1, 0.15) is 44.3 Å². The first-order valence-electron chi connectivity index (χ1n) is 12.2. The van der Waals surface area contributed by atoms with Crippen LogP contribution in [0.4, 0.5) is 10.1 Å². The second kappa shape index (κ2) is 6.95. The largest absolute Gasteiger partial charge is 0.466 e. The summed E-state index contributed by atoms with van der Waals surface area (Å²) in [7, 11) is 1.69. The highest BCUT2D eigenvalue weighted by Crippen LogP contribution is 2.42. The third-order valence-corrected chi connectivity index (χ3v) is 5.06. The summed E-state index contributed by atoms with van der Waals surface area (Å²) < 4.78 is 64.6. The van der Waals surface area contributed by atoms with Gasteiger partial charge in [0.25, 0.3) is 0 Å². The summed E-state index contributed by atoms with van der Waals surface area (Å²) >= 11 is 0. The van der Waals surface area contributed by atoms with Crippen molar-refractivity contribution >= 4 is 27.6 Å². The normalized spacial score (nSPS) is 15.3. The molecule has 0 bridgehead atoms. The number of hydrogen-bond donors (Lipinski definition) is 0. The number of pyridine rings is 1. The predicted octanol–water partition coefficient (Wildman–Crippen LogP) is 6.97. The first-order chi connectivity index (χ1) is 16.1. The van der Waals surface area contributed by atoms with Crippen LogP contribution in [-0.2, 0) is 13.4 Å². The number of hydrogen-bond acceptors (Lipinski definition) is 1. The number of fused-ring (bicyclic) bond motifs is 3. The van der Waals surface area contributed by atoms with Gasteiger partial charge in [0.15, 0.2) is 6.20 Å². The molecule has 4 heteroatoms. The first-order valence-corrected chi connectivity index (χ1v) is 9.66. The molecule has 0 aliphatic rings. The number of nitrogens with zero attached hydrogens (tertiary/aromatic N) is 2. The van der Waals surface area contributed by atoms with Crippen LogP contribution in [0.25, 0.3) is 38.0 Å². The Morgan fingerprint density at radius 2 is 2.00 bits per heavy atom. The van der Waals surface area contributed by atoms with Crippen molar-refractivity contribution in [2.45, 2.75) is 40.9 Å². The van der Waals surface area contributed by atoms with Crippen LogP contribution in [0.2, 0.25) is 0 Å². The Labute approximate surface area is 183 Å². The van der Waals surface area contributed by atoms with E-state index >= 15 is 4.39 Å². The number of benzene rings is 2. The molecule has 0 aliphatic heterocycles. The SMILES string of the molecule is [2H]C([2H])([2H])c1cc(C)c(-c2cc(F)c(C([2H])([2H])C(C)(C)C)c[n+]2C)c2oc3c([N+]#[C-])cccc3c12. The van der Waals surface area contributed by atoms with Gasteiger partial charge in [0.1, 0.15) is 24.0 Å². The number of rotatable bonds is 2. The summed E-state index contributed by atoms with van der Waals surface area (Å²) in [4.78, 5) is 3.51. The number of furan rings is 1. The van der Waals surface area contributed by atoms with Gasteiger partial charge in [-0.05, 0) is 36.7 Å². The van der Waals surface area contributed by atoms with E-state index in [0.29, 0.717) is 27.6 Å². The van der Waals surface area contributed by atoms with E-state index in [4.69, 9.17) is 17.8 Å². The van der Waals surface area contributed by atoms with E-state index in [2.05, 4.69) is 4.85 Å². The molecule has 0 aliphatic carbocycles. The smallest absolute Gasteiger partial charge is 0.229 e. The Balaban J connectivity index is 2.13. The van der Waals surface area contributed by atoms with Crippen LogP contribution in [0.15, 0.2) is 40.9 Å².